The quantitative estimate of drug-likeness (QED) is 0.438. The molecular formula is C30H36BrN3O5. The Labute approximate surface area is 237 Å². The first-order valence-electron chi connectivity index (χ1n) is 13.4. The van der Waals surface area contributed by atoms with E-state index < -0.39 is 47.1 Å². The van der Waals surface area contributed by atoms with E-state index in [4.69, 9.17) is 0 Å². The van der Waals surface area contributed by atoms with Crippen molar-refractivity contribution in [1.29, 1.82) is 0 Å². The van der Waals surface area contributed by atoms with Crippen molar-refractivity contribution in [1.82, 2.24) is 14.8 Å². The van der Waals surface area contributed by atoms with Crippen molar-refractivity contribution < 1.29 is 24.3 Å². The van der Waals surface area contributed by atoms with Crippen molar-refractivity contribution in [2.75, 3.05) is 6.54 Å². The third-order valence-electron chi connectivity index (χ3n) is 7.78. The molecule has 0 bridgehead atoms. The van der Waals surface area contributed by atoms with Crippen LogP contribution in [0.3, 0.4) is 0 Å². The van der Waals surface area contributed by atoms with E-state index in [1.807, 2.05) is 26.8 Å². The molecule has 0 unspecified atom stereocenters. The van der Waals surface area contributed by atoms with Crippen LogP contribution in [0.5, 0.6) is 0 Å². The summed E-state index contributed by atoms with van der Waals surface area (Å²) >= 11 is 3.60. The molecule has 3 heterocycles. The second-order valence-corrected chi connectivity index (χ2v) is 12.8. The van der Waals surface area contributed by atoms with Gasteiger partial charge in [-0.25, -0.2) is 4.79 Å². The van der Waals surface area contributed by atoms with Crippen molar-refractivity contribution in [3.8, 4) is 0 Å². The molecule has 9 heteroatoms. The molecule has 0 saturated carbocycles. The highest BCUT2D eigenvalue weighted by molar-refractivity contribution is 9.10. The summed E-state index contributed by atoms with van der Waals surface area (Å²) in [4.78, 5) is 62.5. The lowest BCUT2D eigenvalue weighted by Crippen LogP contribution is -2.60. The second-order valence-electron chi connectivity index (χ2n) is 12.0. The number of hydrogen-bond acceptors (Lipinski definition) is 5. The number of carbonyl (C=O) groups is 4. The predicted octanol–water partition coefficient (Wildman–Crippen LogP) is 5.22. The molecule has 2 fully saturated rings. The summed E-state index contributed by atoms with van der Waals surface area (Å²) in [6.45, 7) is 12.0. The van der Waals surface area contributed by atoms with Crippen LogP contribution in [0.2, 0.25) is 0 Å². The minimum atomic E-state index is -1.93. The zero-order valence-electron chi connectivity index (χ0n) is 23.3. The molecule has 1 aromatic heterocycles. The van der Waals surface area contributed by atoms with E-state index in [1.54, 1.807) is 36.5 Å². The first kappa shape index (κ1) is 28.9. The Balaban J connectivity index is 1.99. The number of pyridine rings is 1. The second kappa shape index (κ2) is 10.5. The third-order valence-corrected chi connectivity index (χ3v) is 8.43. The summed E-state index contributed by atoms with van der Waals surface area (Å²) in [5, 5.41) is 10.9. The molecule has 1 N–H and O–H groups in total. The van der Waals surface area contributed by atoms with E-state index in [0.29, 0.717) is 12.1 Å². The first-order chi connectivity index (χ1) is 18.3. The van der Waals surface area contributed by atoms with Crippen LogP contribution in [-0.4, -0.2) is 55.7 Å². The van der Waals surface area contributed by atoms with Crippen molar-refractivity contribution in [2.24, 2.45) is 17.8 Å². The monoisotopic (exact) mass is 597 g/mol. The highest BCUT2D eigenvalue weighted by Gasteiger charge is 2.73. The number of aromatic nitrogens is 1. The fourth-order valence-corrected chi connectivity index (χ4v) is 7.29. The zero-order chi connectivity index (χ0) is 28.9. The number of aliphatic carboxylic acids is 1. The van der Waals surface area contributed by atoms with E-state index in [-0.39, 0.29) is 29.9 Å². The number of likely N-dealkylation sites (tertiary alicyclic amines) is 2. The SMILES string of the molecule is CCCN1C(=O)[C@H]2[C@@H](C1=O)[C@@](CC(C)C)(C(=O)O)N(C(=O)c1ccc(C(C)(C)C)c(Br)c1)[C@H]2c1ccccn1. The molecular weight excluding hydrogens is 562 g/mol. The van der Waals surface area contributed by atoms with E-state index in [1.165, 1.54) is 9.80 Å². The van der Waals surface area contributed by atoms with Gasteiger partial charge in [-0.1, -0.05) is 69.6 Å². The maximum Gasteiger partial charge on any atom is 0.330 e. The summed E-state index contributed by atoms with van der Waals surface area (Å²) < 4.78 is 0.723. The summed E-state index contributed by atoms with van der Waals surface area (Å²) in [6.07, 6.45) is 2.11. The molecule has 4 rings (SSSR count). The number of carbonyl (C=O) groups excluding carboxylic acids is 3. The van der Waals surface area contributed by atoms with Crippen LogP contribution < -0.4 is 0 Å². The fourth-order valence-electron chi connectivity index (χ4n) is 6.32. The van der Waals surface area contributed by atoms with Gasteiger partial charge in [0, 0.05) is 22.8 Å². The molecule has 2 aliphatic rings. The van der Waals surface area contributed by atoms with E-state index in [0.717, 1.165) is 10.0 Å². The molecule has 0 spiro atoms. The van der Waals surface area contributed by atoms with Gasteiger partial charge in [0.15, 0.2) is 5.54 Å². The van der Waals surface area contributed by atoms with Gasteiger partial charge < -0.3 is 10.0 Å². The van der Waals surface area contributed by atoms with Gasteiger partial charge in [-0.05, 0) is 54.0 Å². The number of benzene rings is 1. The summed E-state index contributed by atoms with van der Waals surface area (Å²) in [5.41, 5.74) is -0.465. The summed E-state index contributed by atoms with van der Waals surface area (Å²) in [5.74, 6) is -5.26. The van der Waals surface area contributed by atoms with Crippen LogP contribution in [0.1, 0.15) is 82.0 Å². The van der Waals surface area contributed by atoms with E-state index in [9.17, 15) is 24.3 Å². The molecule has 0 aliphatic carbocycles. The van der Waals surface area contributed by atoms with E-state index >= 15 is 0 Å². The maximum atomic E-state index is 14.5. The van der Waals surface area contributed by atoms with Gasteiger partial charge in [0.05, 0.1) is 23.6 Å². The molecule has 2 saturated heterocycles. The van der Waals surface area contributed by atoms with E-state index in [2.05, 4.69) is 41.7 Å². The number of imide groups is 1. The van der Waals surface area contributed by atoms with Crippen LogP contribution >= 0.6 is 15.9 Å². The Morgan fingerprint density at radius 1 is 1.13 bits per heavy atom. The predicted molar refractivity (Wildman–Crippen MR) is 150 cm³/mol. The molecule has 1 aromatic carbocycles. The van der Waals surface area contributed by atoms with Gasteiger partial charge in [0.25, 0.3) is 5.91 Å². The van der Waals surface area contributed by atoms with Crippen LogP contribution in [0, 0.1) is 17.8 Å². The molecule has 8 nitrogen and oxygen atoms in total. The number of halogens is 1. The Kier molecular flexibility index (Phi) is 7.78. The van der Waals surface area contributed by atoms with Crippen molar-refractivity contribution in [3.05, 3.63) is 63.9 Å². The Hall–Kier alpha value is -3.07. The van der Waals surface area contributed by atoms with Crippen LogP contribution in [0.15, 0.2) is 47.1 Å². The molecule has 208 valence electrons. The number of carboxylic acid groups (broad SMARTS) is 1. The van der Waals surface area contributed by atoms with Crippen molar-refractivity contribution >= 4 is 39.6 Å². The van der Waals surface area contributed by atoms with Crippen LogP contribution in [0.25, 0.3) is 0 Å². The topological polar surface area (TPSA) is 108 Å². The number of carboxylic acids is 1. The molecule has 39 heavy (non-hydrogen) atoms. The number of nitrogens with zero attached hydrogens (tertiary/aromatic N) is 3. The fraction of sp³-hybridized carbons (Fsp3) is 0.500. The number of rotatable bonds is 7. The standard InChI is InChI=1S/C30H36BrN3O5/c1-7-14-33-26(36)22-23(27(33)37)30(28(38)39,16-17(2)3)34(24(22)21-10-8-9-13-32-21)25(35)18-11-12-19(20(31)15-18)29(4,5)6/h8-13,15,17,22-24H,7,14,16H2,1-6H3,(H,38,39)/t22-,23-,24-,30-/m0/s1. The highest BCUT2D eigenvalue weighted by Crippen LogP contribution is 2.57. The van der Waals surface area contributed by atoms with Gasteiger partial charge in [0.1, 0.15) is 0 Å². The lowest BCUT2D eigenvalue weighted by atomic mass is 9.75. The zero-order valence-corrected chi connectivity index (χ0v) is 24.9. The lowest BCUT2D eigenvalue weighted by Gasteiger charge is -2.41. The molecule has 2 aromatic rings. The average molecular weight is 599 g/mol. The lowest BCUT2D eigenvalue weighted by molar-refractivity contribution is -0.157. The first-order valence-corrected chi connectivity index (χ1v) is 14.2. The van der Waals surface area contributed by atoms with Crippen LogP contribution in [-0.2, 0) is 19.8 Å². The molecule has 2 aliphatic heterocycles. The Morgan fingerprint density at radius 2 is 1.82 bits per heavy atom. The maximum absolute atomic E-state index is 14.5. The smallest absolute Gasteiger partial charge is 0.330 e. The number of fused-ring (bicyclic) bond motifs is 1. The highest BCUT2D eigenvalue weighted by atomic mass is 79.9. The van der Waals surface area contributed by atoms with Crippen molar-refractivity contribution in [3.63, 3.8) is 0 Å². The van der Waals surface area contributed by atoms with Crippen molar-refractivity contribution in [2.45, 2.75) is 71.4 Å². The summed E-state index contributed by atoms with van der Waals surface area (Å²) in [6, 6.07) is 9.37. The normalized spacial score (nSPS) is 25.0. The van der Waals surface area contributed by atoms with Gasteiger partial charge in [-0.2, -0.15) is 0 Å². The van der Waals surface area contributed by atoms with Gasteiger partial charge in [0.2, 0.25) is 11.8 Å². The average Bonchev–Trinajstić information content (AvgIpc) is 3.29. The third kappa shape index (κ3) is 4.68. The molecule has 3 amide bonds. The minimum absolute atomic E-state index is 0.0127. The van der Waals surface area contributed by atoms with Gasteiger partial charge in [-0.3, -0.25) is 24.3 Å². The largest absolute Gasteiger partial charge is 0.479 e. The molecule has 4 atom stereocenters. The Bertz CT molecular complexity index is 1310. The summed E-state index contributed by atoms with van der Waals surface area (Å²) in [7, 11) is 0. The van der Waals surface area contributed by atoms with Gasteiger partial charge in [-0.15, -0.1) is 0 Å². The van der Waals surface area contributed by atoms with Gasteiger partial charge >= 0.3 is 5.97 Å². The molecule has 0 radical (unpaired) electrons. The minimum Gasteiger partial charge on any atom is -0.479 e. The number of amides is 3. The number of hydrogen-bond donors (Lipinski definition) is 1. The van der Waals surface area contributed by atoms with Crippen LogP contribution in [0.4, 0.5) is 0 Å². The Morgan fingerprint density at radius 3 is 2.33 bits per heavy atom.